The molecule has 16 heavy (non-hydrogen) atoms. The highest BCUT2D eigenvalue weighted by Gasteiger charge is 2.66. The van der Waals surface area contributed by atoms with E-state index in [1.165, 1.54) is 7.11 Å². The molecule has 3 heteroatoms. The SMILES string of the molecule is COC(=O)C1(C2(O)CCCC2)CC(C)(C)C1. The van der Waals surface area contributed by atoms with Crippen LogP contribution in [0.4, 0.5) is 0 Å². The van der Waals surface area contributed by atoms with E-state index in [9.17, 15) is 9.90 Å². The molecule has 0 saturated heterocycles. The topological polar surface area (TPSA) is 46.5 Å². The van der Waals surface area contributed by atoms with Crippen LogP contribution in [0.5, 0.6) is 0 Å². The van der Waals surface area contributed by atoms with Crippen molar-refractivity contribution in [2.45, 2.75) is 58.0 Å². The standard InChI is InChI=1S/C13H22O3/c1-11(2)8-12(9-11,10(14)16-3)13(15)6-4-5-7-13/h15H,4-9H2,1-3H3. The molecular weight excluding hydrogens is 204 g/mol. The molecule has 0 bridgehead atoms. The minimum absolute atomic E-state index is 0.159. The zero-order valence-electron chi connectivity index (χ0n) is 10.5. The summed E-state index contributed by atoms with van der Waals surface area (Å²) in [4.78, 5) is 12.0. The van der Waals surface area contributed by atoms with Crippen molar-refractivity contribution in [3.05, 3.63) is 0 Å². The van der Waals surface area contributed by atoms with Crippen molar-refractivity contribution < 1.29 is 14.6 Å². The lowest BCUT2D eigenvalue weighted by Crippen LogP contribution is -2.62. The first-order valence-electron chi connectivity index (χ1n) is 6.16. The molecule has 92 valence electrons. The minimum Gasteiger partial charge on any atom is -0.469 e. The first-order valence-corrected chi connectivity index (χ1v) is 6.16. The number of rotatable bonds is 2. The van der Waals surface area contributed by atoms with E-state index in [4.69, 9.17) is 4.74 Å². The van der Waals surface area contributed by atoms with E-state index in [1.807, 2.05) is 0 Å². The van der Waals surface area contributed by atoms with Gasteiger partial charge in [-0.1, -0.05) is 26.7 Å². The first kappa shape index (κ1) is 11.9. The van der Waals surface area contributed by atoms with Gasteiger partial charge in [0.15, 0.2) is 0 Å². The van der Waals surface area contributed by atoms with Gasteiger partial charge in [-0.2, -0.15) is 0 Å². The number of esters is 1. The Kier molecular flexibility index (Phi) is 2.57. The molecule has 0 aromatic carbocycles. The van der Waals surface area contributed by atoms with Crippen LogP contribution in [0.2, 0.25) is 0 Å². The Morgan fingerprint density at radius 3 is 2.06 bits per heavy atom. The average Bonchev–Trinajstić information content (AvgIpc) is 2.61. The Morgan fingerprint density at radius 1 is 1.19 bits per heavy atom. The second-order valence-electron chi connectivity index (χ2n) is 6.33. The van der Waals surface area contributed by atoms with Gasteiger partial charge in [-0.05, 0) is 31.1 Å². The first-order chi connectivity index (χ1) is 7.35. The Bertz CT molecular complexity index is 292. The molecule has 2 rings (SSSR count). The van der Waals surface area contributed by atoms with Crippen LogP contribution in [0.15, 0.2) is 0 Å². The van der Waals surface area contributed by atoms with Crippen LogP contribution in [0.1, 0.15) is 52.4 Å². The second kappa shape index (κ2) is 3.46. The van der Waals surface area contributed by atoms with Crippen molar-refractivity contribution in [3.63, 3.8) is 0 Å². The Morgan fingerprint density at radius 2 is 1.69 bits per heavy atom. The summed E-state index contributed by atoms with van der Waals surface area (Å²) >= 11 is 0. The van der Waals surface area contributed by atoms with Crippen LogP contribution in [0.3, 0.4) is 0 Å². The van der Waals surface area contributed by atoms with E-state index in [-0.39, 0.29) is 11.4 Å². The van der Waals surface area contributed by atoms with Gasteiger partial charge in [0.2, 0.25) is 0 Å². The maximum absolute atomic E-state index is 12.0. The summed E-state index contributed by atoms with van der Waals surface area (Å²) in [6.07, 6.45) is 5.05. The van der Waals surface area contributed by atoms with Gasteiger partial charge in [0.05, 0.1) is 18.1 Å². The smallest absolute Gasteiger partial charge is 0.314 e. The van der Waals surface area contributed by atoms with Crippen molar-refractivity contribution in [3.8, 4) is 0 Å². The van der Waals surface area contributed by atoms with Gasteiger partial charge >= 0.3 is 5.97 Å². The maximum Gasteiger partial charge on any atom is 0.314 e. The van der Waals surface area contributed by atoms with Crippen molar-refractivity contribution in [1.82, 2.24) is 0 Å². The van der Waals surface area contributed by atoms with Gasteiger partial charge in [-0.25, -0.2) is 0 Å². The summed E-state index contributed by atoms with van der Waals surface area (Å²) in [7, 11) is 1.42. The Labute approximate surface area is 97.2 Å². The van der Waals surface area contributed by atoms with E-state index in [1.54, 1.807) is 0 Å². The zero-order chi connectivity index (χ0) is 12.0. The predicted octanol–water partition coefficient (Wildman–Crippen LogP) is 2.27. The van der Waals surface area contributed by atoms with Crippen molar-refractivity contribution in [2.75, 3.05) is 7.11 Å². The number of carbonyl (C=O) groups excluding carboxylic acids is 1. The fourth-order valence-electron chi connectivity index (χ4n) is 3.88. The third-order valence-electron chi connectivity index (χ3n) is 4.46. The number of aliphatic hydroxyl groups is 1. The molecule has 2 saturated carbocycles. The number of hydrogen-bond acceptors (Lipinski definition) is 3. The summed E-state index contributed by atoms with van der Waals surface area (Å²) < 4.78 is 4.93. The molecule has 0 spiro atoms. The van der Waals surface area contributed by atoms with Crippen molar-refractivity contribution in [1.29, 1.82) is 0 Å². The number of ether oxygens (including phenoxy) is 1. The van der Waals surface area contributed by atoms with Crippen LogP contribution in [0.25, 0.3) is 0 Å². The summed E-state index contributed by atoms with van der Waals surface area (Å²) in [6.45, 7) is 4.29. The molecule has 0 atom stereocenters. The van der Waals surface area contributed by atoms with E-state index in [2.05, 4.69) is 13.8 Å². The molecule has 0 aromatic heterocycles. The number of hydrogen-bond donors (Lipinski definition) is 1. The molecule has 3 nitrogen and oxygen atoms in total. The number of carbonyl (C=O) groups is 1. The lowest BCUT2D eigenvalue weighted by Gasteiger charge is -2.57. The molecule has 2 fully saturated rings. The molecule has 2 aliphatic carbocycles. The van der Waals surface area contributed by atoms with E-state index < -0.39 is 11.0 Å². The number of methoxy groups -OCH3 is 1. The highest BCUT2D eigenvalue weighted by atomic mass is 16.5. The molecule has 1 N–H and O–H groups in total. The normalized spacial score (nSPS) is 29.5. The third kappa shape index (κ3) is 1.48. The van der Waals surface area contributed by atoms with Crippen LogP contribution in [-0.2, 0) is 9.53 Å². The summed E-state index contributed by atoms with van der Waals surface area (Å²) in [6, 6.07) is 0. The molecular formula is C13H22O3. The maximum atomic E-state index is 12.0. The predicted molar refractivity (Wildman–Crippen MR) is 60.9 cm³/mol. The van der Waals surface area contributed by atoms with Gasteiger partial charge in [-0.3, -0.25) is 4.79 Å². The monoisotopic (exact) mass is 226 g/mol. The minimum atomic E-state index is -0.810. The van der Waals surface area contributed by atoms with Gasteiger partial charge < -0.3 is 9.84 Å². The lowest BCUT2D eigenvalue weighted by atomic mass is 9.48. The highest BCUT2D eigenvalue weighted by Crippen LogP contribution is 2.63. The quantitative estimate of drug-likeness (QED) is 0.735. The van der Waals surface area contributed by atoms with E-state index in [0.29, 0.717) is 0 Å². The summed E-state index contributed by atoms with van der Waals surface area (Å²) in [5.41, 5.74) is -1.27. The van der Waals surface area contributed by atoms with Gasteiger partial charge in [0, 0.05) is 0 Å². The summed E-state index contributed by atoms with van der Waals surface area (Å²) in [5.74, 6) is -0.212. The Balaban J connectivity index is 2.26. The summed E-state index contributed by atoms with van der Waals surface area (Å²) in [5, 5.41) is 10.7. The molecule has 2 aliphatic rings. The molecule has 0 unspecified atom stereocenters. The van der Waals surface area contributed by atoms with Crippen molar-refractivity contribution >= 4 is 5.97 Å². The van der Waals surface area contributed by atoms with Crippen LogP contribution in [-0.4, -0.2) is 23.8 Å². The molecule has 0 aromatic rings. The highest BCUT2D eigenvalue weighted by molar-refractivity contribution is 5.80. The van der Waals surface area contributed by atoms with Gasteiger partial charge in [-0.15, -0.1) is 0 Å². The Hall–Kier alpha value is -0.570. The average molecular weight is 226 g/mol. The van der Waals surface area contributed by atoms with E-state index >= 15 is 0 Å². The second-order valence-corrected chi connectivity index (χ2v) is 6.33. The largest absolute Gasteiger partial charge is 0.469 e. The van der Waals surface area contributed by atoms with Crippen LogP contribution < -0.4 is 0 Å². The molecule has 0 heterocycles. The molecule has 0 amide bonds. The molecule has 0 aliphatic heterocycles. The molecule has 0 radical (unpaired) electrons. The van der Waals surface area contributed by atoms with Crippen LogP contribution >= 0.6 is 0 Å². The van der Waals surface area contributed by atoms with Crippen molar-refractivity contribution in [2.24, 2.45) is 10.8 Å². The fourth-order valence-corrected chi connectivity index (χ4v) is 3.88. The van der Waals surface area contributed by atoms with E-state index in [0.717, 1.165) is 38.5 Å². The zero-order valence-corrected chi connectivity index (χ0v) is 10.5. The van der Waals surface area contributed by atoms with Gasteiger partial charge in [0.1, 0.15) is 0 Å². The lowest BCUT2D eigenvalue weighted by molar-refractivity contribution is -0.207. The fraction of sp³-hybridized carbons (Fsp3) is 0.923. The van der Waals surface area contributed by atoms with Gasteiger partial charge in [0.25, 0.3) is 0 Å². The van der Waals surface area contributed by atoms with Crippen LogP contribution in [0, 0.1) is 10.8 Å². The third-order valence-corrected chi connectivity index (χ3v) is 4.46.